The van der Waals surface area contributed by atoms with Crippen molar-refractivity contribution in [2.24, 2.45) is 0 Å². The monoisotopic (exact) mass is 378 g/mol. The van der Waals surface area contributed by atoms with Gasteiger partial charge in [-0.2, -0.15) is 24.4 Å². The molecule has 1 nitrogen and oxygen atoms in total. The quantitative estimate of drug-likeness (QED) is 0.343. The number of rotatable bonds is 11. The molecule has 0 radical (unpaired) electrons. The van der Waals surface area contributed by atoms with E-state index in [1.54, 1.807) is 17.8 Å². The molecule has 124 valence electrons. The summed E-state index contributed by atoms with van der Waals surface area (Å²) >= 11 is 18.1. The molecule has 0 spiro atoms. The van der Waals surface area contributed by atoms with Gasteiger partial charge < -0.3 is 0 Å². The molecule has 0 amide bonds. The second-order valence-electron chi connectivity index (χ2n) is 5.31. The van der Waals surface area contributed by atoms with Crippen LogP contribution >= 0.6 is 47.6 Å². The molecular formula is C17H24Cl2OS2. The van der Waals surface area contributed by atoms with E-state index in [2.05, 4.69) is 19.6 Å². The average Bonchev–Trinajstić information content (AvgIpc) is 2.50. The number of thiol groups is 1. The number of hydrogen-bond acceptors (Lipinski definition) is 3. The zero-order valence-electron chi connectivity index (χ0n) is 13.0. The van der Waals surface area contributed by atoms with E-state index in [4.69, 9.17) is 23.2 Å². The number of halogens is 2. The van der Waals surface area contributed by atoms with Crippen LogP contribution in [-0.4, -0.2) is 17.3 Å². The molecule has 0 saturated heterocycles. The van der Waals surface area contributed by atoms with E-state index in [0.717, 1.165) is 29.9 Å². The zero-order valence-corrected chi connectivity index (χ0v) is 16.2. The second-order valence-corrected chi connectivity index (χ2v) is 7.88. The normalized spacial score (nSPS) is 12.4. The van der Waals surface area contributed by atoms with Crippen LogP contribution in [0, 0.1) is 0 Å². The van der Waals surface area contributed by atoms with Gasteiger partial charge in [0.25, 0.3) is 0 Å². The van der Waals surface area contributed by atoms with Crippen LogP contribution in [0.15, 0.2) is 18.2 Å². The number of carbonyl (C=O) groups is 1. The maximum absolute atomic E-state index is 12.2. The van der Waals surface area contributed by atoms with Crippen molar-refractivity contribution in [3.8, 4) is 0 Å². The zero-order chi connectivity index (χ0) is 16.4. The standard InChI is InChI=1S/C17H24Cl2OS2/c1-2-3-4-5-6-14(20)12-17(22-10-9-21)13-7-8-15(18)16(19)11-13/h7-8,11,17,21H,2-6,9-10,12H2,1H3/t17-/m1/s1. The van der Waals surface area contributed by atoms with Crippen molar-refractivity contribution in [3.05, 3.63) is 33.8 Å². The van der Waals surface area contributed by atoms with Crippen molar-refractivity contribution in [2.75, 3.05) is 11.5 Å². The van der Waals surface area contributed by atoms with Gasteiger partial charge in [-0.1, -0.05) is 55.5 Å². The lowest BCUT2D eigenvalue weighted by molar-refractivity contribution is -0.119. The van der Waals surface area contributed by atoms with Crippen LogP contribution in [-0.2, 0) is 4.79 Å². The topological polar surface area (TPSA) is 17.1 Å². The first-order chi connectivity index (χ1) is 10.6. The molecule has 0 saturated carbocycles. The molecular weight excluding hydrogens is 355 g/mol. The van der Waals surface area contributed by atoms with E-state index in [1.807, 2.05) is 12.1 Å². The van der Waals surface area contributed by atoms with Gasteiger partial charge >= 0.3 is 0 Å². The first-order valence-corrected chi connectivity index (χ1v) is 10.2. The number of unbranched alkanes of at least 4 members (excludes halogenated alkanes) is 3. The highest BCUT2D eigenvalue weighted by atomic mass is 35.5. The summed E-state index contributed by atoms with van der Waals surface area (Å²) in [5, 5.41) is 1.24. The van der Waals surface area contributed by atoms with Gasteiger partial charge in [-0.25, -0.2) is 0 Å². The molecule has 0 aliphatic carbocycles. The van der Waals surface area contributed by atoms with Crippen LogP contribution in [0.1, 0.15) is 56.3 Å². The third-order valence-corrected chi connectivity index (χ3v) is 5.99. The number of hydrogen-bond donors (Lipinski definition) is 1. The van der Waals surface area contributed by atoms with Crippen molar-refractivity contribution < 1.29 is 4.79 Å². The summed E-state index contributed by atoms with van der Waals surface area (Å²) in [5.41, 5.74) is 1.07. The number of thioether (sulfide) groups is 1. The maximum Gasteiger partial charge on any atom is 0.134 e. The van der Waals surface area contributed by atoms with E-state index < -0.39 is 0 Å². The minimum absolute atomic E-state index is 0.139. The molecule has 0 fully saturated rings. The van der Waals surface area contributed by atoms with E-state index in [1.165, 1.54) is 12.8 Å². The molecule has 0 N–H and O–H groups in total. The highest BCUT2D eigenvalue weighted by Crippen LogP contribution is 2.36. The van der Waals surface area contributed by atoms with Gasteiger partial charge in [0.15, 0.2) is 0 Å². The van der Waals surface area contributed by atoms with Gasteiger partial charge in [-0.3, -0.25) is 4.79 Å². The first-order valence-electron chi connectivity index (χ1n) is 7.77. The molecule has 1 atom stereocenters. The van der Waals surface area contributed by atoms with Crippen LogP contribution < -0.4 is 0 Å². The molecule has 22 heavy (non-hydrogen) atoms. The molecule has 0 aliphatic rings. The Hall–Kier alpha value is 0.170. The van der Waals surface area contributed by atoms with Crippen molar-refractivity contribution in [2.45, 2.75) is 50.7 Å². The van der Waals surface area contributed by atoms with E-state index in [-0.39, 0.29) is 5.25 Å². The Bertz CT molecular complexity index is 466. The summed E-state index contributed by atoms with van der Waals surface area (Å²) in [6.45, 7) is 2.18. The van der Waals surface area contributed by atoms with Crippen molar-refractivity contribution in [3.63, 3.8) is 0 Å². The van der Waals surface area contributed by atoms with E-state index in [9.17, 15) is 4.79 Å². The Balaban J connectivity index is 2.63. The number of carbonyl (C=O) groups excluding carboxylic acids is 1. The van der Waals surface area contributed by atoms with Crippen LogP contribution in [0.3, 0.4) is 0 Å². The lowest BCUT2D eigenvalue weighted by Crippen LogP contribution is -2.06. The minimum atomic E-state index is 0.139. The van der Waals surface area contributed by atoms with Gasteiger partial charge in [0.2, 0.25) is 0 Å². The highest BCUT2D eigenvalue weighted by molar-refractivity contribution is 8.00. The van der Waals surface area contributed by atoms with E-state index in [0.29, 0.717) is 28.7 Å². The molecule has 1 aromatic rings. The Kier molecular flexibility index (Phi) is 10.7. The molecule has 0 bridgehead atoms. The molecule has 1 aromatic carbocycles. The van der Waals surface area contributed by atoms with Gasteiger partial charge in [0, 0.05) is 23.8 Å². The predicted molar refractivity (Wildman–Crippen MR) is 104 cm³/mol. The van der Waals surface area contributed by atoms with Gasteiger partial charge in [0.1, 0.15) is 5.78 Å². The summed E-state index contributed by atoms with van der Waals surface area (Å²) in [6.07, 6.45) is 5.78. The van der Waals surface area contributed by atoms with Gasteiger partial charge in [-0.15, -0.1) is 0 Å². The summed E-state index contributed by atoms with van der Waals surface area (Å²) in [5.74, 6) is 2.04. The first kappa shape index (κ1) is 20.2. The molecule has 0 aromatic heterocycles. The Morgan fingerprint density at radius 2 is 2.00 bits per heavy atom. The summed E-state index contributed by atoms with van der Waals surface area (Å²) in [4.78, 5) is 12.2. The van der Waals surface area contributed by atoms with Crippen LogP contribution in [0.4, 0.5) is 0 Å². The van der Waals surface area contributed by atoms with Gasteiger partial charge in [-0.05, 0) is 29.9 Å². The highest BCUT2D eigenvalue weighted by Gasteiger charge is 2.17. The molecule has 0 aliphatic heterocycles. The summed E-state index contributed by atoms with van der Waals surface area (Å²) < 4.78 is 0. The minimum Gasteiger partial charge on any atom is -0.300 e. The smallest absolute Gasteiger partial charge is 0.134 e. The molecule has 1 rings (SSSR count). The summed E-state index contributed by atoms with van der Waals surface area (Å²) in [6, 6.07) is 5.65. The largest absolute Gasteiger partial charge is 0.300 e. The van der Waals surface area contributed by atoms with Crippen molar-refractivity contribution in [1.29, 1.82) is 0 Å². The third-order valence-electron chi connectivity index (χ3n) is 3.45. The fourth-order valence-electron chi connectivity index (χ4n) is 2.24. The SMILES string of the molecule is CCCCCCC(=O)C[C@@H](SCCS)c1ccc(Cl)c(Cl)c1. The van der Waals surface area contributed by atoms with Crippen LogP contribution in [0.5, 0.6) is 0 Å². The lowest BCUT2D eigenvalue weighted by atomic mass is 10.0. The third kappa shape index (κ3) is 7.63. The van der Waals surface area contributed by atoms with Crippen LogP contribution in [0.2, 0.25) is 10.0 Å². The molecule has 0 unspecified atom stereocenters. The summed E-state index contributed by atoms with van der Waals surface area (Å²) in [7, 11) is 0. The number of benzene rings is 1. The molecule has 5 heteroatoms. The van der Waals surface area contributed by atoms with Crippen LogP contribution in [0.25, 0.3) is 0 Å². The fraction of sp³-hybridized carbons (Fsp3) is 0.588. The Morgan fingerprint density at radius 1 is 1.23 bits per heavy atom. The van der Waals surface area contributed by atoms with Crippen molar-refractivity contribution in [1.82, 2.24) is 0 Å². The second kappa shape index (κ2) is 11.7. The predicted octanol–water partition coefficient (Wildman–Crippen LogP) is 6.63. The van der Waals surface area contributed by atoms with Crippen molar-refractivity contribution >= 4 is 53.4 Å². The van der Waals surface area contributed by atoms with Gasteiger partial charge in [0.05, 0.1) is 10.0 Å². The van der Waals surface area contributed by atoms with E-state index >= 15 is 0 Å². The fourth-order valence-corrected chi connectivity index (χ4v) is 3.89. The average molecular weight is 379 g/mol. The molecule has 0 heterocycles. The number of ketones is 1. The maximum atomic E-state index is 12.2. The Labute approximate surface area is 153 Å². The number of Topliss-reactive ketones (excluding diaryl/α,β-unsaturated/α-hetero) is 1. The Morgan fingerprint density at radius 3 is 2.64 bits per heavy atom. The lowest BCUT2D eigenvalue weighted by Gasteiger charge is -2.17.